The summed E-state index contributed by atoms with van der Waals surface area (Å²) in [5.41, 5.74) is 0. The normalized spacial score (nSPS) is 21.1. The molecule has 2 nitrogen and oxygen atoms in total. The topological polar surface area (TPSA) is 18.5 Å². The maximum atomic E-state index is 5.06. The van der Waals surface area contributed by atoms with Gasteiger partial charge in [-0.15, -0.1) is 0 Å². The molecule has 0 aromatic carbocycles. The third-order valence-corrected chi connectivity index (χ3v) is 1.54. The van der Waals surface area contributed by atoms with Crippen LogP contribution in [0.5, 0.6) is 0 Å². The van der Waals surface area contributed by atoms with Crippen molar-refractivity contribution in [2.75, 3.05) is 0 Å². The number of halogens is 1. The number of hydrogen-bond acceptors (Lipinski definition) is 2. The van der Waals surface area contributed by atoms with Crippen molar-refractivity contribution in [1.29, 1.82) is 0 Å². The Balaban J connectivity index is 2.14. The van der Waals surface area contributed by atoms with Crippen LogP contribution in [0.25, 0.3) is 0 Å². The zero-order chi connectivity index (χ0) is 6.69. The minimum Gasteiger partial charge on any atom is -0.459 e. The molecule has 0 aromatic heterocycles. The van der Waals surface area contributed by atoms with Crippen LogP contribution in [-0.4, -0.2) is 10.2 Å². The number of alkyl halides is 1. The van der Waals surface area contributed by atoms with E-state index in [-0.39, 0.29) is 6.29 Å². The first-order valence-corrected chi connectivity index (χ1v) is 4.13. The third-order valence-electron chi connectivity index (χ3n) is 1.03. The molecule has 0 radical (unpaired) electrons. The van der Waals surface area contributed by atoms with Gasteiger partial charge in [0, 0.05) is 10.3 Å². The zero-order valence-corrected chi connectivity index (χ0v) is 7.37. The van der Waals surface area contributed by atoms with Gasteiger partial charge in [0.1, 0.15) is 12.5 Å². The van der Waals surface area contributed by atoms with Gasteiger partial charge in [-0.1, -0.05) is 29.5 Å². The van der Waals surface area contributed by atoms with Crippen molar-refractivity contribution >= 4 is 22.6 Å². The minimum atomic E-state index is -0.0306. The summed E-state index contributed by atoms with van der Waals surface area (Å²) in [6.07, 6.45) is 4.10. The van der Waals surface area contributed by atoms with Gasteiger partial charge in [-0.25, -0.2) is 0 Å². The van der Waals surface area contributed by atoms with E-state index in [1.807, 2.05) is 0 Å². The fourth-order valence-electron chi connectivity index (χ4n) is 0.648. The lowest BCUT2D eigenvalue weighted by molar-refractivity contribution is -0.0263. The van der Waals surface area contributed by atoms with E-state index in [1.165, 1.54) is 0 Å². The van der Waals surface area contributed by atoms with E-state index in [0.29, 0.717) is 3.92 Å². The lowest BCUT2D eigenvalue weighted by atomic mass is 10.3. The average Bonchev–Trinajstić information content (AvgIpc) is 2.15. The van der Waals surface area contributed by atoms with Crippen molar-refractivity contribution in [2.24, 2.45) is 0 Å². The van der Waals surface area contributed by atoms with E-state index in [1.54, 1.807) is 12.5 Å². The molecule has 0 spiro atoms. The van der Waals surface area contributed by atoms with Gasteiger partial charge in [-0.2, -0.15) is 0 Å². The van der Waals surface area contributed by atoms with Gasteiger partial charge < -0.3 is 9.47 Å². The van der Waals surface area contributed by atoms with Gasteiger partial charge in [0.25, 0.3) is 0 Å². The van der Waals surface area contributed by atoms with E-state index in [0.717, 1.165) is 6.42 Å². The molecule has 1 rings (SSSR count). The Kier molecular flexibility index (Phi) is 2.63. The van der Waals surface area contributed by atoms with Gasteiger partial charge in [0.15, 0.2) is 0 Å². The fraction of sp³-hybridized carbons (Fsp3) is 0.667. The summed E-state index contributed by atoms with van der Waals surface area (Å²) in [6.45, 7) is 2.13. The molecule has 0 bridgehead atoms. The van der Waals surface area contributed by atoms with E-state index in [2.05, 4.69) is 29.5 Å². The molecule has 0 fully saturated rings. The Morgan fingerprint density at radius 2 is 2.11 bits per heavy atom. The van der Waals surface area contributed by atoms with Crippen LogP contribution in [0, 0.1) is 0 Å². The fourth-order valence-corrected chi connectivity index (χ4v) is 1.06. The Hall–Kier alpha value is 0.0700. The molecule has 0 aliphatic carbocycles. The number of hydrogen-bond donors (Lipinski definition) is 0. The highest BCUT2D eigenvalue weighted by atomic mass is 127. The molecule has 0 N–H and O–H groups in total. The lowest BCUT2D eigenvalue weighted by Crippen LogP contribution is -2.11. The van der Waals surface area contributed by atoms with Crippen LogP contribution >= 0.6 is 22.6 Å². The van der Waals surface area contributed by atoms with Crippen molar-refractivity contribution in [1.82, 2.24) is 0 Å². The molecular formula is C6H9IO2. The SMILES string of the molecule is CC(I)CC1OC=CO1. The molecule has 9 heavy (non-hydrogen) atoms. The van der Waals surface area contributed by atoms with Gasteiger partial charge in [0.05, 0.1) is 0 Å². The van der Waals surface area contributed by atoms with Gasteiger partial charge in [0.2, 0.25) is 6.29 Å². The largest absolute Gasteiger partial charge is 0.459 e. The first-order valence-electron chi connectivity index (χ1n) is 2.89. The quantitative estimate of drug-likeness (QED) is 0.543. The van der Waals surface area contributed by atoms with Gasteiger partial charge in [-0.3, -0.25) is 0 Å². The second-order valence-electron chi connectivity index (χ2n) is 1.99. The first kappa shape index (κ1) is 7.18. The van der Waals surface area contributed by atoms with Crippen molar-refractivity contribution in [3.8, 4) is 0 Å². The second-order valence-corrected chi connectivity index (χ2v) is 4.12. The van der Waals surface area contributed by atoms with Gasteiger partial charge in [-0.05, 0) is 0 Å². The summed E-state index contributed by atoms with van der Waals surface area (Å²) in [5.74, 6) is 0. The molecule has 0 saturated heterocycles. The summed E-state index contributed by atoms with van der Waals surface area (Å²) in [7, 11) is 0. The van der Waals surface area contributed by atoms with Crippen LogP contribution in [-0.2, 0) is 9.47 Å². The Morgan fingerprint density at radius 1 is 1.56 bits per heavy atom. The summed E-state index contributed by atoms with van der Waals surface area (Å²) >= 11 is 2.34. The molecule has 1 aliphatic rings. The van der Waals surface area contributed by atoms with Crippen LogP contribution in [0.15, 0.2) is 12.5 Å². The first-order chi connectivity index (χ1) is 4.29. The van der Waals surface area contributed by atoms with E-state index < -0.39 is 0 Å². The summed E-state index contributed by atoms with van der Waals surface area (Å²) in [5, 5.41) is 0. The number of ether oxygens (including phenoxy) is 2. The summed E-state index contributed by atoms with van der Waals surface area (Å²) in [6, 6.07) is 0. The molecule has 0 saturated carbocycles. The molecule has 3 heteroatoms. The maximum absolute atomic E-state index is 5.06. The van der Waals surface area contributed by atoms with E-state index in [9.17, 15) is 0 Å². The van der Waals surface area contributed by atoms with Crippen LogP contribution in [0.4, 0.5) is 0 Å². The molecule has 0 amide bonds. The highest BCUT2D eigenvalue weighted by molar-refractivity contribution is 14.1. The third kappa shape index (κ3) is 2.43. The second kappa shape index (κ2) is 3.29. The zero-order valence-electron chi connectivity index (χ0n) is 5.21. The molecular weight excluding hydrogens is 231 g/mol. The number of rotatable bonds is 2. The summed E-state index contributed by atoms with van der Waals surface area (Å²) in [4.78, 5) is 0. The predicted octanol–water partition coefficient (Wildman–Crippen LogP) is 2.04. The smallest absolute Gasteiger partial charge is 0.240 e. The van der Waals surface area contributed by atoms with Gasteiger partial charge >= 0.3 is 0 Å². The highest BCUT2D eigenvalue weighted by Crippen LogP contribution is 2.15. The predicted molar refractivity (Wildman–Crippen MR) is 43.2 cm³/mol. The highest BCUT2D eigenvalue weighted by Gasteiger charge is 2.13. The summed E-state index contributed by atoms with van der Waals surface area (Å²) < 4.78 is 10.7. The van der Waals surface area contributed by atoms with Crippen molar-refractivity contribution in [3.05, 3.63) is 12.5 Å². The maximum Gasteiger partial charge on any atom is 0.240 e. The monoisotopic (exact) mass is 240 g/mol. The molecule has 52 valence electrons. The van der Waals surface area contributed by atoms with Crippen LogP contribution in [0.3, 0.4) is 0 Å². The van der Waals surface area contributed by atoms with Crippen LogP contribution in [0.2, 0.25) is 0 Å². The van der Waals surface area contributed by atoms with Crippen molar-refractivity contribution in [3.63, 3.8) is 0 Å². The van der Waals surface area contributed by atoms with Crippen LogP contribution in [0.1, 0.15) is 13.3 Å². The minimum absolute atomic E-state index is 0.0306. The van der Waals surface area contributed by atoms with Crippen molar-refractivity contribution < 1.29 is 9.47 Å². The molecule has 1 aliphatic heterocycles. The Bertz CT molecular complexity index is 104. The molecule has 1 atom stereocenters. The lowest BCUT2D eigenvalue weighted by Gasteiger charge is -2.10. The van der Waals surface area contributed by atoms with E-state index in [4.69, 9.17) is 9.47 Å². The van der Waals surface area contributed by atoms with Crippen molar-refractivity contribution in [2.45, 2.75) is 23.6 Å². The molecule has 0 aromatic rings. The van der Waals surface area contributed by atoms with E-state index >= 15 is 0 Å². The molecule has 1 unspecified atom stereocenters. The standard InChI is InChI=1S/C6H9IO2/c1-5(7)4-6-8-2-3-9-6/h2-3,5-6H,4H2,1H3. The average molecular weight is 240 g/mol. The Labute approximate surface area is 68.4 Å². The Morgan fingerprint density at radius 3 is 2.56 bits per heavy atom. The molecule has 1 heterocycles. The van der Waals surface area contributed by atoms with Crippen LogP contribution < -0.4 is 0 Å².